The van der Waals surface area contributed by atoms with Crippen molar-refractivity contribution in [2.24, 2.45) is 0 Å². The fourth-order valence-corrected chi connectivity index (χ4v) is 3.11. The molecule has 0 saturated heterocycles. The van der Waals surface area contributed by atoms with Gasteiger partial charge in [0.2, 0.25) is 0 Å². The van der Waals surface area contributed by atoms with Crippen LogP contribution in [0.4, 0.5) is 0 Å². The average Bonchev–Trinajstić information content (AvgIpc) is 2.92. The molecule has 0 radical (unpaired) electrons. The first-order valence-electron chi connectivity index (χ1n) is 8.54. The fourth-order valence-electron chi connectivity index (χ4n) is 3.11. The van der Waals surface area contributed by atoms with Crippen LogP contribution in [0.3, 0.4) is 0 Å². The number of nitrogens with zero attached hydrogens (tertiary/aromatic N) is 2. The Bertz CT molecular complexity index is 718. The molecule has 0 spiro atoms. The molecule has 0 bridgehead atoms. The van der Waals surface area contributed by atoms with Gasteiger partial charge in [0.1, 0.15) is 17.6 Å². The number of nitrogens with one attached hydrogen (secondary N) is 1. The molecule has 1 N–H and O–H groups in total. The van der Waals surface area contributed by atoms with Gasteiger partial charge in [-0.2, -0.15) is 0 Å². The fraction of sp³-hybridized carbons (Fsp3) is 0.474. The molecule has 2 atom stereocenters. The Morgan fingerprint density at radius 2 is 2.12 bits per heavy atom. The van der Waals surface area contributed by atoms with Crippen LogP contribution in [0.15, 0.2) is 24.5 Å². The quantitative estimate of drug-likeness (QED) is 0.882. The van der Waals surface area contributed by atoms with E-state index in [1.807, 2.05) is 13.8 Å². The van der Waals surface area contributed by atoms with Gasteiger partial charge in [0.15, 0.2) is 0 Å². The second-order valence-electron chi connectivity index (χ2n) is 6.26. The third-order valence-electron chi connectivity index (χ3n) is 4.31. The number of hydrogen-bond acceptors (Lipinski definition) is 5. The number of fused-ring (bicyclic) bond motifs is 1. The van der Waals surface area contributed by atoms with E-state index in [-0.39, 0.29) is 12.1 Å². The first-order valence-corrected chi connectivity index (χ1v) is 8.54. The van der Waals surface area contributed by atoms with Crippen LogP contribution in [-0.2, 0) is 13.0 Å². The molecule has 5 nitrogen and oxygen atoms in total. The summed E-state index contributed by atoms with van der Waals surface area (Å²) in [6.45, 7) is 9.53. The molecule has 3 rings (SSSR count). The molecule has 1 aromatic heterocycles. The Hall–Kier alpha value is -2.14. The van der Waals surface area contributed by atoms with Gasteiger partial charge in [-0.25, -0.2) is 0 Å². The molecule has 2 aromatic rings. The third kappa shape index (κ3) is 3.51. The molecule has 128 valence electrons. The maximum Gasteiger partial charge on any atom is 0.124 e. The lowest BCUT2D eigenvalue weighted by Crippen LogP contribution is -2.21. The van der Waals surface area contributed by atoms with Gasteiger partial charge < -0.3 is 14.8 Å². The van der Waals surface area contributed by atoms with Crippen LogP contribution in [0, 0.1) is 6.92 Å². The normalized spacial score (nSPS) is 17.2. The molecule has 24 heavy (non-hydrogen) atoms. The topological polar surface area (TPSA) is 56.3 Å². The highest BCUT2D eigenvalue weighted by atomic mass is 16.5. The molecule has 0 aliphatic carbocycles. The van der Waals surface area contributed by atoms with Gasteiger partial charge in [0.05, 0.1) is 18.0 Å². The first-order chi connectivity index (χ1) is 11.6. The molecule has 2 unspecified atom stereocenters. The summed E-state index contributed by atoms with van der Waals surface area (Å²) >= 11 is 0. The minimum atomic E-state index is 0.112. The van der Waals surface area contributed by atoms with E-state index in [4.69, 9.17) is 9.47 Å². The van der Waals surface area contributed by atoms with E-state index in [1.165, 1.54) is 5.56 Å². The Kier molecular flexibility index (Phi) is 5.00. The Labute approximate surface area is 143 Å². The van der Waals surface area contributed by atoms with Gasteiger partial charge in [-0.3, -0.25) is 9.97 Å². The molecular weight excluding hydrogens is 302 g/mol. The summed E-state index contributed by atoms with van der Waals surface area (Å²) in [6.07, 6.45) is 4.63. The lowest BCUT2D eigenvalue weighted by Gasteiger charge is -2.17. The monoisotopic (exact) mass is 327 g/mol. The molecule has 5 heteroatoms. The molecule has 0 amide bonds. The van der Waals surface area contributed by atoms with Gasteiger partial charge >= 0.3 is 0 Å². The Morgan fingerprint density at radius 3 is 2.88 bits per heavy atom. The van der Waals surface area contributed by atoms with Crippen molar-refractivity contribution >= 4 is 0 Å². The van der Waals surface area contributed by atoms with E-state index >= 15 is 0 Å². The van der Waals surface area contributed by atoms with E-state index < -0.39 is 0 Å². The van der Waals surface area contributed by atoms with E-state index in [9.17, 15) is 0 Å². The van der Waals surface area contributed by atoms with Gasteiger partial charge in [-0.15, -0.1) is 0 Å². The summed E-state index contributed by atoms with van der Waals surface area (Å²) in [5.41, 5.74) is 4.26. The van der Waals surface area contributed by atoms with Gasteiger partial charge in [-0.05, 0) is 39.8 Å². The highest BCUT2D eigenvalue weighted by molar-refractivity contribution is 5.48. The molecule has 1 aliphatic rings. The molecular formula is C19H25N3O2. The van der Waals surface area contributed by atoms with Crippen LogP contribution in [-0.4, -0.2) is 22.7 Å². The lowest BCUT2D eigenvalue weighted by molar-refractivity contribution is 0.254. The van der Waals surface area contributed by atoms with E-state index in [0.717, 1.165) is 34.9 Å². The molecule has 1 aromatic carbocycles. The first kappa shape index (κ1) is 16.7. The second kappa shape index (κ2) is 7.18. The number of aromatic nitrogens is 2. The summed E-state index contributed by atoms with van der Waals surface area (Å²) in [6, 6.07) is 4.34. The van der Waals surface area contributed by atoms with E-state index in [2.05, 4.69) is 41.3 Å². The second-order valence-corrected chi connectivity index (χ2v) is 6.26. The summed E-state index contributed by atoms with van der Waals surface area (Å²) in [5.74, 6) is 1.91. The minimum Gasteiger partial charge on any atom is -0.494 e. The van der Waals surface area contributed by atoms with Crippen molar-refractivity contribution in [1.82, 2.24) is 15.3 Å². The zero-order chi connectivity index (χ0) is 17.1. The molecule has 1 aliphatic heterocycles. The molecule has 0 fully saturated rings. The van der Waals surface area contributed by atoms with Crippen molar-refractivity contribution in [1.29, 1.82) is 0 Å². The lowest BCUT2D eigenvalue weighted by atomic mass is 10.1. The van der Waals surface area contributed by atoms with Gasteiger partial charge in [0.25, 0.3) is 0 Å². The smallest absolute Gasteiger partial charge is 0.124 e. The summed E-state index contributed by atoms with van der Waals surface area (Å²) in [5, 5.41) is 3.52. The maximum absolute atomic E-state index is 5.89. The largest absolute Gasteiger partial charge is 0.494 e. The van der Waals surface area contributed by atoms with Crippen LogP contribution in [0.5, 0.6) is 11.5 Å². The van der Waals surface area contributed by atoms with Crippen LogP contribution in [0.2, 0.25) is 0 Å². The van der Waals surface area contributed by atoms with Crippen LogP contribution in [0.1, 0.15) is 49.3 Å². The Morgan fingerprint density at radius 1 is 1.33 bits per heavy atom. The van der Waals surface area contributed by atoms with Crippen molar-refractivity contribution < 1.29 is 9.47 Å². The standard InChI is InChI=1S/C19H25N3O2/c1-5-23-17-9-15-8-12(2)24-18(15)10-16(17)11-22-14(4)19-13(3)20-6-7-21-19/h6-7,9-10,12,14,22H,5,8,11H2,1-4H3. The number of rotatable bonds is 6. The SMILES string of the molecule is CCOc1cc2c(cc1CNC(C)c1nccnc1C)OC(C)C2. The van der Waals surface area contributed by atoms with Crippen molar-refractivity contribution in [3.8, 4) is 11.5 Å². The number of benzene rings is 1. The average molecular weight is 327 g/mol. The Balaban J connectivity index is 1.77. The van der Waals surface area contributed by atoms with E-state index in [0.29, 0.717) is 13.2 Å². The number of hydrogen-bond donors (Lipinski definition) is 1. The highest BCUT2D eigenvalue weighted by Crippen LogP contribution is 2.35. The van der Waals surface area contributed by atoms with Crippen molar-refractivity contribution in [2.75, 3.05) is 6.61 Å². The number of ether oxygens (including phenoxy) is 2. The van der Waals surface area contributed by atoms with Crippen molar-refractivity contribution in [3.63, 3.8) is 0 Å². The minimum absolute atomic E-state index is 0.112. The molecule has 0 saturated carbocycles. The summed E-state index contributed by atoms with van der Waals surface area (Å²) in [7, 11) is 0. The zero-order valence-electron chi connectivity index (χ0n) is 14.8. The maximum atomic E-state index is 5.89. The summed E-state index contributed by atoms with van der Waals surface area (Å²) < 4.78 is 11.7. The van der Waals surface area contributed by atoms with Crippen LogP contribution < -0.4 is 14.8 Å². The van der Waals surface area contributed by atoms with Crippen molar-refractivity contribution in [2.45, 2.75) is 52.8 Å². The highest BCUT2D eigenvalue weighted by Gasteiger charge is 2.22. The molecule has 2 heterocycles. The predicted octanol–water partition coefficient (Wildman–Crippen LogP) is 3.36. The van der Waals surface area contributed by atoms with Crippen molar-refractivity contribution in [3.05, 3.63) is 47.0 Å². The summed E-state index contributed by atoms with van der Waals surface area (Å²) in [4.78, 5) is 8.75. The van der Waals surface area contributed by atoms with Gasteiger partial charge in [0, 0.05) is 42.5 Å². The zero-order valence-corrected chi connectivity index (χ0v) is 14.8. The van der Waals surface area contributed by atoms with E-state index in [1.54, 1.807) is 12.4 Å². The van der Waals surface area contributed by atoms with Gasteiger partial charge in [-0.1, -0.05) is 0 Å². The predicted molar refractivity (Wildman–Crippen MR) is 93.4 cm³/mol. The number of aryl methyl sites for hydroxylation is 1. The van der Waals surface area contributed by atoms with Crippen LogP contribution in [0.25, 0.3) is 0 Å². The third-order valence-corrected chi connectivity index (χ3v) is 4.31. The van der Waals surface area contributed by atoms with Crippen LogP contribution >= 0.6 is 0 Å².